The van der Waals surface area contributed by atoms with Crippen LogP contribution < -0.4 is 0 Å². The normalized spacial score (nSPS) is 23.7. The highest BCUT2D eigenvalue weighted by Crippen LogP contribution is 2.45. The monoisotopic (exact) mass is 427 g/mol. The number of nitrogens with zero attached hydrogens (tertiary/aromatic N) is 1. The van der Waals surface area contributed by atoms with Crippen molar-refractivity contribution >= 4 is 11.9 Å². The van der Waals surface area contributed by atoms with Gasteiger partial charge in [-0.2, -0.15) is 0 Å². The van der Waals surface area contributed by atoms with Crippen LogP contribution in [0, 0.1) is 18.3 Å². The summed E-state index contributed by atoms with van der Waals surface area (Å²) in [6, 6.07) is 16.9. The first kappa shape index (κ1) is 20.8. The van der Waals surface area contributed by atoms with E-state index in [9.17, 15) is 9.59 Å². The van der Waals surface area contributed by atoms with Crippen LogP contribution in [0.5, 0.6) is 0 Å². The van der Waals surface area contributed by atoms with Gasteiger partial charge in [-0.3, -0.25) is 4.79 Å². The number of ether oxygens (including phenoxy) is 1. The number of carbonyl (C=O) groups is 2. The Labute approximate surface area is 190 Å². The average molecular weight is 428 g/mol. The zero-order valence-electron chi connectivity index (χ0n) is 18.3. The second-order valence-corrected chi connectivity index (χ2v) is 9.29. The second kappa shape index (κ2) is 8.82. The van der Waals surface area contributed by atoms with E-state index in [-0.39, 0.29) is 35.8 Å². The van der Waals surface area contributed by atoms with E-state index in [1.54, 1.807) is 0 Å². The van der Waals surface area contributed by atoms with Gasteiger partial charge >= 0.3 is 6.09 Å². The summed E-state index contributed by atoms with van der Waals surface area (Å²) in [5.74, 6) is 2.91. The van der Waals surface area contributed by atoms with Crippen molar-refractivity contribution in [1.29, 1.82) is 0 Å². The molecular weight excluding hydrogens is 398 g/mol. The molecule has 4 nitrogen and oxygen atoms in total. The summed E-state index contributed by atoms with van der Waals surface area (Å²) >= 11 is 0. The van der Waals surface area contributed by atoms with Crippen LogP contribution in [0.15, 0.2) is 48.5 Å². The van der Waals surface area contributed by atoms with Crippen LogP contribution >= 0.6 is 0 Å². The van der Waals surface area contributed by atoms with E-state index >= 15 is 0 Å². The lowest BCUT2D eigenvalue weighted by molar-refractivity contribution is -0.126. The fourth-order valence-corrected chi connectivity index (χ4v) is 6.01. The van der Waals surface area contributed by atoms with Crippen LogP contribution in [0.25, 0.3) is 11.1 Å². The molecule has 4 heteroatoms. The SMILES string of the molecule is C#CCCC(=O)C1CC2CCCC(C1)N2C(=O)OCC1c2ccccc2-c2ccccc21. The summed E-state index contributed by atoms with van der Waals surface area (Å²) in [5.41, 5.74) is 4.90. The molecule has 0 spiro atoms. The smallest absolute Gasteiger partial charge is 0.410 e. The third-order valence-corrected chi connectivity index (χ3v) is 7.49. The third-order valence-electron chi connectivity index (χ3n) is 7.49. The van der Waals surface area contributed by atoms with Crippen molar-refractivity contribution in [2.45, 2.75) is 62.9 Å². The first-order valence-corrected chi connectivity index (χ1v) is 11.8. The molecular formula is C28H29NO3. The highest BCUT2D eigenvalue weighted by atomic mass is 16.6. The van der Waals surface area contributed by atoms with Crippen molar-refractivity contribution in [2.24, 2.45) is 5.92 Å². The van der Waals surface area contributed by atoms with Crippen molar-refractivity contribution in [3.63, 3.8) is 0 Å². The Morgan fingerprint density at radius 3 is 2.16 bits per heavy atom. The Hall–Kier alpha value is -3.06. The van der Waals surface area contributed by atoms with Gasteiger partial charge < -0.3 is 9.64 Å². The van der Waals surface area contributed by atoms with Gasteiger partial charge in [-0.1, -0.05) is 48.5 Å². The Morgan fingerprint density at radius 1 is 0.969 bits per heavy atom. The fraction of sp³-hybridized carbons (Fsp3) is 0.429. The molecule has 164 valence electrons. The van der Waals surface area contributed by atoms with Gasteiger partial charge in [0.1, 0.15) is 12.4 Å². The second-order valence-electron chi connectivity index (χ2n) is 9.29. The lowest BCUT2D eigenvalue weighted by Crippen LogP contribution is -2.55. The molecule has 2 heterocycles. The van der Waals surface area contributed by atoms with Gasteiger partial charge in [-0.25, -0.2) is 4.79 Å². The van der Waals surface area contributed by atoms with Gasteiger partial charge in [-0.15, -0.1) is 12.3 Å². The fourth-order valence-electron chi connectivity index (χ4n) is 6.01. The number of carbonyl (C=O) groups excluding carboxylic acids is 2. The average Bonchev–Trinajstić information content (AvgIpc) is 3.14. The predicted molar refractivity (Wildman–Crippen MR) is 124 cm³/mol. The van der Waals surface area contributed by atoms with Crippen LogP contribution in [0.1, 0.15) is 62.0 Å². The number of amides is 1. The van der Waals surface area contributed by atoms with E-state index in [4.69, 9.17) is 11.2 Å². The van der Waals surface area contributed by atoms with Crippen LogP contribution in [0.2, 0.25) is 0 Å². The molecule has 2 unspecified atom stereocenters. The zero-order chi connectivity index (χ0) is 22.1. The van der Waals surface area contributed by atoms with Crippen molar-refractivity contribution in [3.05, 3.63) is 59.7 Å². The lowest BCUT2D eigenvalue weighted by atomic mass is 9.76. The minimum Gasteiger partial charge on any atom is -0.448 e. The van der Waals surface area contributed by atoms with Crippen molar-refractivity contribution in [2.75, 3.05) is 6.61 Å². The number of terminal acetylenes is 1. The molecule has 2 atom stereocenters. The minimum atomic E-state index is -0.226. The summed E-state index contributed by atoms with van der Waals surface area (Å²) in [6.45, 7) is 0.341. The number of piperidine rings is 2. The molecule has 0 saturated carbocycles. The number of rotatable bonds is 5. The molecule has 32 heavy (non-hydrogen) atoms. The third kappa shape index (κ3) is 3.71. The van der Waals surface area contributed by atoms with Gasteiger partial charge in [-0.05, 0) is 54.4 Å². The molecule has 2 aromatic rings. The van der Waals surface area contributed by atoms with Crippen LogP contribution in [0.4, 0.5) is 4.79 Å². The molecule has 3 aliphatic rings. The first-order valence-electron chi connectivity index (χ1n) is 11.8. The van der Waals surface area contributed by atoms with Gasteiger partial charge in [0.15, 0.2) is 0 Å². The molecule has 0 aromatic heterocycles. The highest BCUT2D eigenvalue weighted by Gasteiger charge is 2.43. The Kier molecular flexibility index (Phi) is 5.74. The number of Topliss-reactive ketones (excluding diaryl/α,β-unsaturated/α-hetero) is 1. The zero-order valence-corrected chi connectivity index (χ0v) is 18.3. The van der Waals surface area contributed by atoms with Crippen LogP contribution in [0.3, 0.4) is 0 Å². The quantitative estimate of drug-likeness (QED) is 0.588. The highest BCUT2D eigenvalue weighted by molar-refractivity contribution is 5.82. The van der Waals surface area contributed by atoms with Gasteiger partial charge in [0.25, 0.3) is 0 Å². The Bertz CT molecular complexity index is 1010. The molecule has 2 aliphatic heterocycles. The number of hydrogen-bond donors (Lipinski definition) is 0. The first-order chi connectivity index (χ1) is 15.7. The Balaban J connectivity index is 1.28. The minimum absolute atomic E-state index is 0.0243. The molecule has 2 aromatic carbocycles. The molecule has 5 rings (SSSR count). The molecule has 1 aliphatic carbocycles. The largest absolute Gasteiger partial charge is 0.448 e. The number of fused-ring (bicyclic) bond motifs is 5. The molecule has 2 fully saturated rings. The van der Waals surface area contributed by atoms with E-state index in [0.717, 1.165) is 32.1 Å². The van der Waals surface area contributed by atoms with E-state index in [0.29, 0.717) is 19.4 Å². The van der Waals surface area contributed by atoms with Crippen LogP contribution in [-0.2, 0) is 9.53 Å². The Morgan fingerprint density at radius 2 is 1.56 bits per heavy atom. The maximum Gasteiger partial charge on any atom is 0.410 e. The van der Waals surface area contributed by atoms with Gasteiger partial charge in [0.05, 0.1) is 0 Å². The lowest BCUT2D eigenvalue weighted by Gasteiger charge is -2.47. The van der Waals surface area contributed by atoms with Crippen molar-refractivity contribution in [1.82, 2.24) is 4.90 Å². The number of benzene rings is 2. The summed E-state index contributed by atoms with van der Waals surface area (Å²) < 4.78 is 5.95. The summed E-state index contributed by atoms with van der Waals surface area (Å²) in [5, 5.41) is 0. The van der Waals surface area contributed by atoms with Gasteiger partial charge in [0, 0.05) is 36.8 Å². The topological polar surface area (TPSA) is 46.6 Å². The number of hydrogen-bond acceptors (Lipinski definition) is 3. The van der Waals surface area contributed by atoms with E-state index in [1.165, 1.54) is 22.3 Å². The van der Waals surface area contributed by atoms with E-state index in [1.807, 2.05) is 17.0 Å². The van der Waals surface area contributed by atoms with E-state index in [2.05, 4.69) is 42.3 Å². The molecule has 2 saturated heterocycles. The predicted octanol–water partition coefficient (Wildman–Crippen LogP) is 5.55. The maximum absolute atomic E-state index is 13.2. The summed E-state index contributed by atoms with van der Waals surface area (Å²) in [7, 11) is 0. The van der Waals surface area contributed by atoms with Crippen molar-refractivity contribution < 1.29 is 14.3 Å². The van der Waals surface area contributed by atoms with Gasteiger partial charge in [0.2, 0.25) is 0 Å². The maximum atomic E-state index is 13.2. The standard InChI is InChI=1S/C28H29NO3/c1-2-3-15-27(30)19-16-20-9-8-10-21(17-19)29(20)28(31)32-18-26-24-13-6-4-11-22(24)23-12-5-7-14-25(23)26/h1,4-7,11-14,19-21,26H,3,8-10,15-18H2. The molecule has 2 bridgehead atoms. The molecule has 0 N–H and O–H groups in total. The summed E-state index contributed by atoms with van der Waals surface area (Å²) in [6.07, 6.45) is 10.5. The molecule has 0 radical (unpaired) electrons. The number of ketones is 1. The summed E-state index contributed by atoms with van der Waals surface area (Å²) in [4.78, 5) is 27.7. The molecule has 1 amide bonds. The van der Waals surface area contributed by atoms with E-state index < -0.39 is 0 Å². The van der Waals surface area contributed by atoms with Crippen molar-refractivity contribution in [3.8, 4) is 23.5 Å². The van der Waals surface area contributed by atoms with Crippen LogP contribution in [-0.4, -0.2) is 35.5 Å².